The summed E-state index contributed by atoms with van der Waals surface area (Å²) in [4.78, 5) is 16.0. The molecule has 1 atom stereocenters. The number of carbonyl (C=O) groups excluding carboxylic acids is 1. The number of rotatable bonds is 2. The minimum atomic E-state index is 0.161. The monoisotopic (exact) mass is 271 g/mol. The second kappa shape index (κ2) is 4.91. The summed E-state index contributed by atoms with van der Waals surface area (Å²) in [5.74, 6) is 0.557. The fraction of sp³-hybridized carbons (Fsp3) is 0.312. The van der Waals surface area contributed by atoms with Gasteiger partial charge >= 0.3 is 0 Å². The van der Waals surface area contributed by atoms with Gasteiger partial charge in [0, 0.05) is 23.9 Å². The molecule has 2 nitrogen and oxygen atoms in total. The van der Waals surface area contributed by atoms with Crippen LogP contribution in [0.4, 0.5) is 0 Å². The molecular weight excluding hydrogens is 254 g/mol. The highest BCUT2D eigenvalue weighted by atomic mass is 32.1. The molecule has 2 heterocycles. The van der Waals surface area contributed by atoms with E-state index in [4.69, 9.17) is 0 Å². The molecule has 1 aromatic carbocycles. The Morgan fingerprint density at radius 2 is 2.05 bits per heavy atom. The Kier molecular flexibility index (Phi) is 3.25. The molecule has 1 aromatic heterocycles. The number of likely N-dealkylation sites (N-methyl/N-ethyl adjacent to an activating group) is 1. The molecule has 1 aliphatic heterocycles. The second-order valence-corrected chi connectivity index (χ2v) is 6.32. The highest BCUT2D eigenvalue weighted by Gasteiger charge is 2.25. The van der Waals surface area contributed by atoms with E-state index in [1.807, 2.05) is 6.07 Å². The first kappa shape index (κ1) is 12.6. The molecule has 2 aromatic rings. The van der Waals surface area contributed by atoms with Crippen LogP contribution in [0.5, 0.6) is 0 Å². The normalized spacial score (nSPS) is 19.2. The Morgan fingerprint density at radius 3 is 2.79 bits per heavy atom. The summed E-state index contributed by atoms with van der Waals surface area (Å²) in [6.07, 6.45) is 0. The fourth-order valence-electron chi connectivity index (χ4n) is 2.76. The predicted molar refractivity (Wildman–Crippen MR) is 78.9 cm³/mol. The van der Waals surface area contributed by atoms with E-state index >= 15 is 0 Å². The van der Waals surface area contributed by atoms with Gasteiger partial charge in [-0.1, -0.05) is 24.3 Å². The van der Waals surface area contributed by atoms with Crippen molar-refractivity contribution in [3.05, 3.63) is 57.3 Å². The first-order valence-corrected chi connectivity index (χ1v) is 7.34. The van der Waals surface area contributed by atoms with Crippen LogP contribution in [0, 0.1) is 0 Å². The van der Waals surface area contributed by atoms with E-state index in [9.17, 15) is 4.79 Å². The first-order chi connectivity index (χ1) is 9.15. The van der Waals surface area contributed by atoms with Gasteiger partial charge in [-0.25, -0.2) is 0 Å². The molecule has 0 saturated heterocycles. The number of Topliss-reactive ketones (excluding diaryl/α,β-unsaturated/α-hetero) is 1. The smallest absolute Gasteiger partial charge is 0.169 e. The Hall–Kier alpha value is -1.45. The summed E-state index contributed by atoms with van der Waals surface area (Å²) in [6, 6.07) is 12.7. The average Bonchev–Trinajstić information content (AvgIpc) is 2.87. The van der Waals surface area contributed by atoms with Crippen molar-refractivity contribution in [2.75, 3.05) is 13.6 Å². The van der Waals surface area contributed by atoms with Crippen molar-refractivity contribution >= 4 is 17.1 Å². The number of fused-ring (bicyclic) bond motifs is 1. The molecule has 1 unspecified atom stereocenters. The molecule has 0 N–H and O–H groups in total. The van der Waals surface area contributed by atoms with Crippen molar-refractivity contribution < 1.29 is 4.79 Å². The van der Waals surface area contributed by atoms with Crippen molar-refractivity contribution in [3.8, 4) is 0 Å². The second-order valence-electron chi connectivity index (χ2n) is 5.21. The molecule has 0 aliphatic carbocycles. The zero-order chi connectivity index (χ0) is 13.4. The Balaban J connectivity index is 2.02. The van der Waals surface area contributed by atoms with Gasteiger partial charge in [-0.2, -0.15) is 0 Å². The number of benzene rings is 1. The Bertz CT molecular complexity index is 617. The quantitative estimate of drug-likeness (QED) is 0.779. The topological polar surface area (TPSA) is 20.3 Å². The highest BCUT2D eigenvalue weighted by Crippen LogP contribution is 2.36. The van der Waals surface area contributed by atoms with E-state index in [0.29, 0.717) is 5.92 Å². The SMILES string of the molecule is CC(=O)c1ccc(C2CN(C)Cc3ccccc32)s1. The summed E-state index contributed by atoms with van der Waals surface area (Å²) < 4.78 is 0. The molecule has 0 spiro atoms. The van der Waals surface area contributed by atoms with Crippen molar-refractivity contribution in [1.29, 1.82) is 0 Å². The van der Waals surface area contributed by atoms with Crippen LogP contribution in [0.25, 0.3) is 0 Å². The van der Waals surface area contributed by atoms with Crippen LogP contribution in [0.15, 0.2) is 36.4 Å². The van der Waals surface area contributed by atoms with Crippen molar-refractivity contribution in [1.82, 2.24) is 4.90 Å². The van der Waals surface area contributed by atoms with Crippen LogP contribution >= 0.6 is 11.3 Å². The molecule has 0 saturated carbocycles. The van der Waals surface area contributed by atoms with Gasteiger partial charge in [0.1, 0.15) is 0 Å². The third-order valence-corrected chi connectivity index (χ3v) is 4.98. The lowest BCUT2D eigenvalue weighted by molar-refractivity contribution is 0.102. The maximum atomic E-state index is 11.5. The summed E-state index contributed by atoms with van der Waals surface area (Å²) in [5.41, 5.74) is 2.82. The third kappa shape index (κ3) is 2.36. The third-order valence-electron chi connectivity index (χ3n) is 3.68. The van der Waals surface area contributed by atoms with E-state index < -0.39 is 0 Å². The van der Waals surface area contributed by atoms with Crippen LogP contribution in [-0.4, -0.2) is 24.3 Å². The van der Waals surface area contributed by atoms with Gasteiger partial charge in [-0.05, 0) is 37.2 Å². The lowest BCUT2D eigenvalue weighted by atomic mass is 9.89. The average molecular weight is 271 g/mol. The molecule has 3 heteroatoms. The Labute approximate surface area is 117 Å². The summed E-state index contributed by atoms with van der Waals surface area (Å²) >= 11 is 1.64. The van der Waals surface area contributed by atoms with Crippen LogP contribution in [-0.2, 0) is 6.54 Å². The summed E-state index contributed by atoms with van der Waals surface area (Å²) in [5, 5.41) is 0. The molecule has 1 aliphatic rings. The van der Waals surface area contributed by atoms with E-state index in [-0.39, 0.29) is 5.78 Å². The molecule has 98 valence electrons. The number of nitrogens with zero attached hydrogens (tertiary/aromatic N) is 1. The first-order valence-electron chi connectivity index (χ1n) is 6.52. The summed E-state index contributed by atoms with van der Waals surface area (Å²) in [7, 11) is 2.16. The van der Waals surface area contributed by atoms with Gasteiger partial charge in [-0.15, -0.1) is 11.3 Å². The zero-order valence-electron chi connectivity index (χ0n) is 11.2. The molecule has 0 fully saturated rings. The zero-order valence-corrected chi connectivity index (χ0v) is 12.0. The lowest BCUT2D eigenvalue weighted by Crippen LogP contribution is -2.30. The minimum absolute atomic E-state index is 0.161. The van der Waals surface area contributed by atoms with Crippen molar-refractivity contribution in [2.24, 2.45) is 0 Å². The van der Waals surface area contributed by atoms with E-state index in [2.05, 4.69) is 42.3 Å². The number of thiophene rings is 1. The maximum absolute atomic E-state index is 11.5. The van der Waals surface area contributed by atoms with E-state index in [1.165, 1.54) is 16.0 Å². The minimum Gasteiger partial charge on any atom is -0.301 e. The van der Waals surface area contributed by atoms with Gasteiger partial charge in [0.2, 0.25) is 0 Å². The highest BCUT2D eigenvalue weighted by molar-refractivity contribution is 7.14. The molecular formula is C16H17NOS. The number of carbonyl (C=O) groups is 1. The number of hydrogen-bond donors (Lipinski definition) is 0. The molecule has 0 radical (unpaired) electrons. The van der Waals surface area contributed by atoms with Crippen molar-refractivity contribution in [2.45, 2.75) is 19.4 Å². The van der Waals surface area contributed by atoms with E-state index in [0.717, 1.165) is 18.0 Å². The van der Waals surface area contributed by atoms with Crippen LogP contribution in [0.1, 0.15) is 38.5 Å². The Morgan fingerprint density at radius 1 is 1.26 bits per heavy atom. The molecule has 0 bridgehead atoms. The van der Waals surface area contributed by atoms with Crippen molar-refractivity contribution in [3.63, 3.8) is 0 Å². The van der Waals surface area contributed by atoms with E-state index in [1.54, 1.807) is 18.3 Å². The molecule has 19 heavy (non-hydrogen) atoms. The van der Waals surface area contributed by atoms with Gasteiger partial charge in [0.15, 0.2) is 5.78 Å². The number of hydrogen-bond acceptors (Lipinski definition) is 3. The maximum Gasteiger partial charge on any atom is 0.169 e. The standard InChI is InChI=1S/C16H17NOS/c1-11(18)15-7-8-16(19-15)14-10-17(2)9-12-5-3-4-6-13(12)14/h3-8,14H,9-10H2,1-2H3. The predicted octanol–water partition coefficient (Wildman–Crippen LogP) is 3.53. The van der Waals surface area contributed by atoms with Crippen LogP contribution < -0.4 is 0 Å². The largest absolute Gasteiger partial charge is 0.301 e. The lowest BCUT2D eigenvalue weighted by Gasteiger charge is -2.31. The van der Waals surface area contributed by atoms with Crippen LogP contribution in [0.3, 0.4) is 0 Å². The molecule has 0 amide bonds. The van der Waals surface area contributed by atoms with Gasteiger partial charge < -0.3 is 4.90 Å². The van der Waals surface area contributed by atoms with Crippen LogP contribution in [0.2, 0.25) is 0 Å². The summed E-state index contributed by atoms with van der Waals surface area (Å²) in [6.45, 7) is 3.67. The van der Waals surface area contributed by atoms with Gasteiger partial charge in [0.05, 0.1) is 4.88 Å². The van der Waals surface area contributed by atoms with Gasteiger partial charge in [-0.3, -0.25) is 4.79 Å². The molecule has 3 rings (SSSR count). The number of ketones is 1. The van der Waals surface area contributed by atoms with Gasteiger partial charge in [0.25, 0.3) is 0 Å². The fourth-order valence-corrected chi connectivity index (χ4v) is 3.77.